The topological polar surface area (TPSA) is 43.3 Å². The first-order valence-electron chi connectivity index (χ1n) is 6.12. The van der Waals surface area contributed by atoms with Crippen LogP contribution in [0.4, 0.5) is 4.39 Å². The maximum absolute atomic E-state index is 13.0. The highest BCUT2D eigenvalue weighted by Gasteiger charge is 2.11. The number of rotatable bonds is 2. The maximum atomic E-state index is 13.0. The van der Waals surface area contributed by atoms with Crippen molar-refractivity contribution in [2.45, 2.75) is 13.5 Å². The zero-order valence-corrected chi connectivity index (χ0v) is 10.6. The summed E-state index contributed by atoms with van der Waals surface area (Å²) in [5.74, 6) is -0.236. The van der Waals surface area contributed by atoms with Crippen LogP contribution in [0.5, 0.6) is 0 Å². The Labute approximate surface area is 110 Å². The van der Waals surface area contributed by atoms with E-state index in [1.54, 1.807) is 12.1 Å². The van der Waals surface area contributed by atoms with Crippen LogP contribution < -0.4 is 5.73 Å². The molecule has 0 unspecified atom stereocenters. The lowest BCUT2D eigenvalue weighted by atomic mass is 10.1. The van der Waals surface area contributed by atoms with Crippen LogP contribution in [-0.2, 0) is 6.54 Å². The van der Waals surface area contributed by atoms with Gasteiger partial charge in [0.25, 0.3) is 0 Å². The van der Waals surface area contributed by atoms with Gasteiger partial charge < -0.3 is 5.73 Å². The fourth-order valence-electron chi connectivity index (χ4n) is 2.29. The molecule has 2 heterocycles. The molecule has 0 saturated carbocycles. The average Bonchev–Trinajstić information content (AvgIpc) is 2.74. The van der Waals surface area contributed by atoms with Gasteiger partial charge in [0, 0.05) is 18.3 Å². The summed E-state index contributed by atoms with van der Waals surface area (Å²) in [5.41, 5.74) is 10.4. The van der Waals surface area contributed by atoms with Gasteiger partial charge in [-0.25, -0.2) is 9.37 Å². The number of nitrogens with zero attached hydrogens (tertiary/aromatic N) is 2. The molecular formula is C15H14FN3. The number of pyridine rings is 1. The molecule has 19 heavy (non-hydrogen) atoms. The Morgan fingerprint density at radius 3 is 2.63 bits per heavy atom. The van der Waals surface area contributed by atoms with Gasteiger partial charge in [-0.1, -0.05) is 0 Å². The number of benzene rings is 1. The lowest BCUT2D eigenvalue weighted by Gasteiger charge is -2.04. The normalized spacial score (nSPS) is 11.1. The third kappa shape index (κ3) is 2.00. The number of hydrogen-bond donors (Lipinski definition) is 1. The molecular weight excluding hydrogens is 241 g/mol. The number of aromatic nitrogens is 2. The molecule has 0 spiro atoms. The summed E-state index contributed by atoms with van der Waals surface area (Å²) in [6.07, 6.45) is 1.95. The Morgan fingerprint density at radius 2 is 1.95 bits per heavy atom. The summed E-state index contributed by atoms with van der Waals surface area (Å²) in [5, 5.41) is 0. The van der Waals surface area contributed by atoms with Crippen LogP contribution in [0.25, 0.3) is 16.9 Å². The van der Waals surface area contributed by atoms with Gasteiger partial charge in [-0.15, -0.1) is 0 Å². The first-order chi connectivity index (χ1) is 9.19. The van der Waals surface area contributed by atoms with Gasteiger partial charge in [-0.05, 0) is 48.9 Å². The second-order valence-corrected chi connectivity index (χ2v) is 4.52. The summed E-state index contributed by atoms with van der Waals surface area (Å²) in [6, 6.07) is 10.4. The highest BCUT2D eigenvalue weighted by Crippen LogP contribution is 2.25. The van der Waals surface area contributed by atoms with Crippen LogP contribution in [-0.4, -0.2) is 9.38 Å². The predicted molar refractivity (Wildman–Crippen MR) is 73.2 cm³/mol. The summed E-state index contributed by atoms with van der Waals surface area (Å²) < 4.78 is 15.0. The third-order valence-corrected chi connectivity index (χ3v) is 3.22. The molecule has 3 aromatic rings. The SMILES string of the molecule is Cc1nc2cc(CN)ccn2c1-c1ccc(F)cc1. The molecule has 3 rings (SSSR count). The van der Waals surface area contributed by atoms with Gasteiger partial charge in [0.1, 0.15) is 11.5 Å². The van der Waals surface area contributed by atoms with Crippen molar-refractivity contribution in [3.63, 3.8) is 0 Å². The van der Waals surface area contributed by atoms with Gasteiger partial charge >= 0.3 is 0 Å². The van der Waals surface area contributed by atoms with Crippen LogP contribution >= 0.6 is 0 Å². The monoisotopic (exact) mass is 255 g/mol. The molecule has 4 heteroatoms. The number of nitrogens with two attached hydrogens (primary N) is 1. The molecule has 0 aliphatic rings. The largest absolute Gasteiger partial charge is 0.326 e. The summed E-state index contributed by atoms with van der Waals surface area (Å²) in [4.78, 5) is 4.53. The zero-order valence-electron chi connectivity index (χ0n) is 10.6. The van der Waals surface area contributed by atoms with Gasteiger partial charge in [-0.3, -0.25) is 4.40 Å². The van der Waals surface area contributed by atoms with Crippen LogP contribution in [0, 0.1) is 12.7 Å². The molecule has 0 fully saturated rings. The van der Waals surface area contributed by atoms with Crippen molar-refractivity contribution in [3.8, 4) is 11.3 Å². The zero-order chi connectivity index (χ0) is 13.4. The molecule has 0 atom stereocenters. The first kappa shape index (κ1) is 11.9. The summed E-state index contributed by atoms with van der Waals surface area (Å²) >= 11 is 0. The van der Waals surface area contributed by atoms with Crippen LogP contribution in [0.15, 0.2) is 42.6 Å². The van der Waals surface area contributed by atoms with Gasteiger partial charge in [0.2, 0.25) is 0 Å². The van der Waals surface area contributed by atoms with Crippen molar-refractivity contribution in [2.75, 3.05) is 0 Å². The molecule has 0 aliphatic heterocycles. The lowest BCUT2D eigenvalue weighted by molar-refractivity contribution is 0.628. The van der Waals surface area contributed by atoms with E-state index in [2.05, 4.69) is 4.98 Å². The maximum Gasteiger partial charge on any atom is 0.137 e. The van der Waals surface area contributed by atoms with E-state index >= 15 is 0 Å². The van der Waals surface area contributed by atoms with Gasteiger partial charge in [0.05, 0.1) is 11.4 Å². The van der Waals surface area contributed by atoms with Crippen molar-refractivity contribution in [3.05, 3.63) is 59.7 Å². The van der Waals surface area contributed by atoms with Crippen molar-refractivity contribution in [1.29, 1.82) is 0 Å². The fraction of sp³-hybridized carbons (Fsp3) is 0.133. The number of fused-ring (bicyclic) bond motifs is 1. The van der Waals surface area contributed by atoms with E-state index < -0.39 is 0 Å². The number of aryl methyl sites for hydroxylation is 1. The van der Waals surface area contributed by atoms with Gasteiger partial charge in [-0.2, -0.15) is 0 Å². The molecule has 96 valence electrons. The third-order valence-electron chi connectivity index (χ3n) is 3.22. The summed E-state index contributed by atoms with van der Waals surface area (Å²) in [7, 11) is 0. The molecule has 0 bridgehead atoms. The first-order valence-corrected chi connectivity index (χ1v) is 6.12. The number of halogens is 1. The minimum atomic E-state index is -0.236. The van der Waals surface area contributed by atoms with Gasteiger partial charge in [0.15, 0.2) is 0 Å². The summed E-state index contributed by atoms with van der Waals surface area (Å²) in [6.45, 7) is 2.45. The Balaban J connectivity index is 2.23. The minimum absolute atomic E-state index is 0.236. The molecule has 0 saturated heterocycles. The van der Waals surface area contributed by atoms with E-state index in [1.807, 2.05) is 29.7 Å². The Hall–Kier alpha value is -2.20. The molecule has 0 aliphatic carbocycles. The Bertz CT molecular complexity index is 729. The van der Waals surface area contributed by atoms with Crippen molar-refractivity contribution < 1.29 is 4.39 Å². The molecule has 2 aromatic heterocycles. The van der Waals surface area contributed by atoms with E-state index in [4.69, 9.17) is 5.73 Å². The minimum Gasteiger partial charge on any atom is -0.326 e. The van der Waals surface area contributed by atoms with Crippen LogP contribution in [0.2, 0.25) is 0 Å². The molecule has 0 amide bonds. The van der Waals surface area contributed by atoms with E-state index in [0.717, 1.165) is 28.2 Å². The second kappa shape index (κ2) is 4.48. The molecule has 2 N–H and O–H groups in total. The van der Waals surface area contributed by atoms with Crippen molar-refractivity contribution >= 4 is 5.65 Å². The van der Waals surface area contributed by atoms with E-state index in [-0.39, 0.29) is 5.82 Å². The second-order valence-electron chi connectivity index (χ2n) is 4.52. The smallest absolute Gasteiger partial charge is 0.137 e. The lowest BCUT2D eigenvalue weighted by Crippen LogP contribution is -1.97. The molecule has 0 radical (unpaired) electrons. The van der Waals surface area contributed by atoms with Crippen LogP contribution in [0.1, 0.15) is 11.3 Å². The predicted octanol–water partition coefficient (Wildman–Crippen LogP) is 2.91. The van der Waals surface area contributed by atoms with E-state index in [1.165, 1.54) is 12.1 Å². The standard InChI is InChI=1S/C15H14FN3/c1-10-15(12-2-4-13(16)5-3-12)19-7-6-11(9-17)8-14(19)18-10/h2-8H,9,17H2,1H3. The fourth-order valence-corrected chi connectivity index (χ4v) is 2.29. The highest BCUT2D eigenvalue weighted by molar-refractivity contribution is 5.67. The van der Waals surface area contributed by atoms with Crippen LogP contribution in [0.3, 0.4) is 0 Å². The molecule has 1 aromatic carbocycles. The van der Waals surface area contributed by atoms with E-state index in [0.29, 0.717) is 6.54 Å². The Morgan fingerprint density at radius 1 is 1.21 bits per heavy atom. The number of hydrogen-bond acceptors (Lipinski definition) is 2. The average molecular weight is 255 g/mol. The molecule has 3 nitrogen and oxygen atoms in total. The highest BCUT2D eigenvalue weighted by atomic mass is 19.1. The quantitative estimate of drug-likeness (QED) is 0.765. The Kier molecular flexibility index (Phi) is 2.80. The van der Waals surface area contributed by atoms with E-state index in [9.17, 15) is 4.39 Å². The number of imidazole rings is 1. The van der Waals surface area contributed by atoms with Crippen molar-refractivity contribution in [2.24, 2.45) is 5.73 Å². The van der Waals surface area contributed by atoms with Crippen molar-refractivity contribution in [1.82, 2.24) is 9.38 Å².